The third-order valence-electron chi connectivity index (χ3n) is 2.51. The predicted octanol–water partition coefficient (Wildman–Crippen LogP) is 2.30. The Kier molecular flexibility index (Phi) is 8.66. The third-order valence-corrected chi connectivity index (χ3v) is 3.49. The summed E-state index contributed by atoms with van der Waals surface area (Å²) in [6, 6.07) is 6.04. The topological polar surface area (TPSA) is 53.7 Å². The summed E-state index contributed by atoms with van der Waals surface area (Å²) in [5.41, 5.74) is 6.89. The van der Waals surface area contributed by atoms with Crippen LogP contribution in [0.5, 0.6) is 5.75 Å². The minimum Gasteiger partial charge on any atom is -0.491 e. The molecule has 2 N–H and O–H groups in total. The van der Waals surface area contributed by atoms with E-state index in [0.29, 0.717) is 33.0 Å². The van der Waals surface area contributed by atoms with Crippen LogP contribution in [-0.2, 0) is 16.0 Å². The lowest BCUT2D eigenvalue weighted by Gasteiger charge is -2.13. The van der Waals surface area contributed by atoms with Gasteiger partial charge in [-0.1, -0.05) is 13.0 Å². The molecule has 0 aromatic heterocycles. The Morgan fingerprint density at radius 1 is 1.16 bits per heavy atom. The Morgan fingerprint density at radius 3 is 2.63 bits per heavy atom. The lowest BCUT2D eigenvalue weighted by atomic mass is 10.2. The van der Waals surface area contributed by atoms with Crippen molar-refractivity contribution in [3.05, 3.63) is 23.8 Å². The lowest BCUT2D eigenvalue weighted by molar-refractivity contribution is 0.0542. The van der Waals surface area contributed by atoms with Gasteiger partial charge in [0.05, 0.1) is 19.8 Å². The van der Waals surface area contributed by atoms with Gasteiger partial charge in [0.15, 0.2) is 0 Å². The van der Waals surface area contributed by atoms with Gasteiger partial charge in [0.1, 0.15) is 12.4 Å². The fourth-order valence-corrected chi connectivity index (χ4v) is 2.47. The average Bonchev–Trinajstić information content (AvgIpc) is 2.43. The summed E-state index contributed by atoms with van der Waals surface area (Å²) >= 11 is 1.78. The molecule has 19 heavy (non-hydrogen) atoms. The summed E-state index contributed by atoms with van der Waals surface area (Å²) in [5, 5.41) is 0. The average molecular weight is 285 g/mol. The van der Waals surface area contributed by atoms with Gasteiger partial charge in [0, 0.05) is 24.1 Å². The number of benzene rings is 1. The molecule has 0 radical (unpaired) electrons. The molecule has 1 rings (SSSR count). The van der Waals surface area contributed by atoms with Crippen LogP contribution in [-0.4, -0.2) is 39.3 Å². The van der Waals surface area contributed by atoms with Gasteiger partial charge in [-0.3, -0.25) is 0 Å². The van der Waals surface area contributed by atoms with E-state index >= 15 is 0 Å². The SMILES string of the molecule is CCSc1cccc(OCCOCCOC)c1CN. The minimum atomic E-state index is 0.489. The van der Waals surface area contributed by atoms with E-state index in [2.05, 4.69) is 13.0 Å². The van der Waals surface area contributed by atoms with Crippen LogP contribution in [0.1, 0.15) is 12.5 Å². The van der Waals surface area contributed by atoms with E-state index in [1.165, 1.54) is 4.90 Å². The molecule has 4 nitrogen and oxygen atoms in total. The molecule has 0 saturated heterocycles. The molecule has 1 aromatic carbocycles. The first kappa shape index (κ1) is 16.3. The fraction of sp³-hybridized carbons (Fsp3) is 0.571. The van der Waals surface area contributed by atoms with E-state index in [1.54, 1.807) is 18.9 Å². The monoisotopic (exact) mass is 285 g/mol. The van der Waals surface area contributed by atoms with E-state index in [1.807, 2.05) is 12.1 Å². The first-order valence-electron chi connectivity index (χ1n) is 6.47. The highest BCUT2D eigenvalue weighted by Gasteiger charge is 2.07. The minimum absolute atomic E-state index is 0.489. The van der Waals surface area contributed by atoms with Crippen molar-refractivity contribution in [2.75, 3.05) is 39.3 Å². The number of hydrogen-bond donors (Lipinski definition) is 1. The van der Waals surface area contributed by atoms with Crippen LogP contribution < -0.4 is 10.5 Å². The maximum absolute atomic E-state index is 5.81. The summed E-state index contributed by atoms with van der Waals surface area (Å²) < 4.78 is 16.0. The van der Waals surface area contributed by atoms with Crippen LogP contribution in [0.15, 0.2) is 23.1 Å². The smallest absolute Gasteiger partial charge is 0.125 e. The summed E-state index contributed by atoms with van der Waals surface area (Å²) in [6.45, 7) is 4.90. The molecule has 1 aromatic rings. The number of thioether (sulfide) groups is 1. The number of hydrogen-bond acceptors (Lipinski definition) is 5. The maximum Gasteiger partial charge on any atom is 0.125 e. The normalized spacial score (nSPS) is 10.7. The molecule has 0 aliphatic rings. The zero-order valence-corrected chi connectivity index (χ0v) is 12.5. The second-order valence-corrected chi connectivity index (χ2v) is 5.13. The Hall–Kier alpha value is -0.750. The maximum atomic E-state index is 5.81. The van der Waals surface area contributed by atoms with E-state index in [-0.39, 0.29) is 0 Å². The Balaban J connectivity index is 2.46. The van der Waals surface area contributed by atoms with Gasteiger partial charge in [-0.05, 0) is 17.9 Å². The van der Waals surface area contributed by atoms with Crippen LogP contribution >= 0.6 is 11.8 Å². The van der Waals surface area contributed by atoms with Gasteiger partial charge < -0.3 is 19.9 Å². The molecule has 0 saturated carbocycles. The van der Waals surface area contributed by atoms with E-state index < -0.39 is 0 Å². The zero-order chi connectivity index (χ0) is 13.9. The number of methoxy groups -OCH3 is 1. The van der Waals surface area contributed by atoms with Crippen molar-refractivity contribution in [1.29, 1.82) is 0 Å². The highest BCUT2D eigenvalue weighted by Crippen LogP contribution is 2.29. The van der Waals surface area contributed by atoms with Crippen LogP contribution in [0, 0.1) is 0 Å². The van der Waals surface area contributed by atoms with Gasteiger partial charge >= 0.3 is 0 Å². The molecule has 0 bridgehead atoms. The largest absolute Gasteiger partial charge is 0.491 e. The Morgan fingerprint density at radius 2 is 1.95 bits per heavy atom. The van der Waals surface area contributed by atoms with E-state index in [4.69, 9.17) is 19.9 Å². The summed E-state index contributed by atoms with van der Waals surface area (Å²) in [6.07, 6.45) is 0. The summed E-state index contributed by atoms with van der Waals surface area (Å²) in [4.78, 5) is 1.20. The number of rotatable bonds is 10. The number of ether oxygens (including phenoxy) is 3. The van der Waals surface area contributed by atoms with Crippen molar-refractivity contribution >= 4 is 11.8 Å². The third kappa shape index (κ3) is 5.82. The first-order valence-corrected chi connectivity index (χ1v) is 7.46. The summed E-state index contributed by atoms with van der Waals surface area (Å²) in [5.74, 6) is 1.88. The standard InChI is InChI=1S/C14H23NO3S/c1-3-19-14-6-4-5-13(12(14)11-15)18-10-9-17-8-7-16-2/h4-6H,3,7-11,15H2,1-2H3. The van der Waals surface area contributed by atoms with Crippen molar-refractivity contribution in [3.8, 4) is 5.75 Å². The van der Waals surface area contributed by atoms with Crippen LogP contribution in [0.25, 0.3) is 0 Å². The molecule has 0 fully saturated rings. The van der Waals surface area contributed by atoms with Gasteiger partial charge in [0.2, 0.25) is 0 Å². The molecule has 0 unspecified atom stereocenters. The molecule has 0 heterocycles. The van der Waals surface area contributed by atoms with Crippen LogP contribution in [0.2, 0.25) is 0 Å². The van der Waals surface area contributed by atoms with Gasteiger partial charge in [-0.25, -0.2) is 0 Å². The van der Waals surface area contributed by atoms with Crippen LogP contribution in [0.4, 0.5) is 0 Å². The second kappa shape index (κ2) is 10.1. The highest BCUT2D eigenvalue weighted by atomic mass is 32.2. The lowest BCUT2D eigenvalue weighted by Crippen LogP contribution is -2.11. The molecule has 0 atom stereocenters. The van der Waals surface area contributed by atoms with Crippen molar-refractivity contribution in [3.63, 3.8) is 0 Å². The van der Waals surface area contributed by atoms with Crippen molar-refractivity contribution in [2.24, 2.45) is 5.73 Å². The molecular weight excluding hydrogens is 262 g/mol. The fourth-order valence-electron chi connectivity index (χ4n) is 1.63. The molecular formula is C14H23NO3S. The van der Waals surface area contributed by atoms with Crippen molar-refractivity contribution in [1.82, 2.24) is 0 Å². The van der Waals surface area contributed by atoms with Crippen molar-refractivity contribution in [2.45, 2.75) is 18.4 Å². The number of nitrogens with two attached hydrogens (primary N) is 1. The second-order valence-electron chi connectivity index (χ2n) is 3.82. The molecule has 0 spiro atoms. The zero-order valence-electron chi connectivity index (χ0n) is 11.7. The molecule has 0 aliphatic heterocycles. The molecule has 5 heteroatoms. The highest BCUT2D eigenvalue weighted by molar-refractivity contribution is 7.99. The Bertz CT molecular complexity index is 361. The summed E-state index contributed by atoms with van der Waals surface area (Å²) in [7, 11) is 1.66. The van der Waals surface area contributed by atoms with Crippen molar-refractivity contribution < 1.29 is 14.2 Å². The van der Waals surface area contributed by atoms with E-state index in [0.717, 1.165) is 17.1 Å². The first-order chi connectivity index (χ1) is 9.33. The Labute approximate surface area is 119 Å². The molecule has 0 aliphatic carbocycles. The van der Waals surface area contributed by atoms with Gasteiger partial charge in [-0.2, -0.15) is 0 Å². The van der Waals surface area contributed by atoms with Gasteiger partial charge in [0.25, 0.3) is 0 Å². The van der Waals surface area contributed by atoms with Crippen LogP contribution in [0.3, 0.4) is 0 Å². The quantitative estimate of drug-likeness (QED) is 0.528. The van der Waals surface area contributed by atoms with E-state index in [9.17, 15) is 0 Å². The molecule has 0 amide bonds. The molecule has 108 valence electrons. The predicted molar refractivity (Wildman–Crippen MR) is 78.9 cm³/mol. The van der Waals surface area contributed by atoms with Gasteiger partial charge in [-0.15, -0.1) is 11.8 Å².